The van der Waals surface area contributed by atoms with Crippen LogP contribution in [0.4, 0.5) is 18.0 Å². The van der Waals surface area contributed by atoms with Crippen molar-refractivity contribution >= 4 is 6.09 Å². The molecule has 1 aromatic carbocycles. The maximum atomic E-state index is 12.9. The molecule has 1 amide bonds. The third-order valence-corrected chi connectivity index (χ3v) is 2.63. The summed E-state index contributed by atoms with van der Waals surface area (Å²) in [6.45, 7) is 9.08. The van der Waals surface area contributed by atoms with Gasteiger partial charge in [0, 0.05) is 5.54 Å². The Bertz CT molecular complexity index is 531. The molecule has 0 unspecified atom stereocenters. The molecular weight excluding hydrogens is 295 g/mol. The van der Waals surface area contributed by atoms with Crippen LogP contribution < -0.4 is 10.1 Å². The van der Waals surface area contributed by atoms with Crippen LogP contribution in [-0.2, 0) is 12.6 Å². The number of rotatable bonds is 3. The molecule has 22 heavy (non-hydrogen) atoms. The van der Waals surface area contributed by atoms with Crippen LogP contribution in [0.3, 0.4) is 0 Å². The lowest BCUT2D eigenvalue weighted by Crippen LogP contribution is -2.42. The van der Waals surface area contributed by atoms with Crippen LogP contribution in [-0.4, -0.2) is 11.6 Å². The summed E-state index contributed by atoms with van der Waals surface area (Å²) in [4.78, 5) is 11.7. The van der Waals surface area contributed by atoms with E-state index in [0.717, 1.165) is 12.1 Å². The molecule has 0 heterocycles. The molecule has 1 N–H and O–H groups in total. The van der Waals surface area contributed by atoms with Crippen molar-refractivity contribution < 1.29 is 22.7 Å². The summed E-state index contributed by atoms with van der Waals surface area (Å²) < 4.78 is 43.8. The van der Waals surface area contributed by atoms with Crippen LogP contribution in [0.15, 0.2) is 18.2 Å². The van der Waals surface area contributed by atoms with Gasteiger partial charge in [-0.3, -0.25) is 0 Å². The molecule has 0 aliphatic rings. The maximum Gasteiger partial charge on any atom is 0.416 e. The van der Waals surface area contributed by atoms with E-state index in [4.69, 9.17) is 4.74 Å². The summed E-state index contributed by atoms with van der Waals surface area (Å²) in [5, 5.41) is 2.54. The number of hydrogen-bond donors (Lipinski definition) is 1. The summed E-state index contributed by atoms with van der Waals surface area (Å²) in [6, 6.07) is 3.40. The number of nitrogens with one attached hydrogen (secondary N) is 1. The van der Waals surface area contributed by atoms with Crippen LogP contribution in [0.5, 0.6) is 5.75 Å². The second kappa shape index (κ2) is 6.58. The smallest absolute Gasteiger partial charge is 0.410 e. The fraction of sp³-hybridized carbons (Fsp3) is 0.562. The highest BCUT2D eigenvalue weighted by Gasteiger charge is 2.31. The van der Waals surface area contributed by atoms with Gasteiger partial charge in [-0.05, 0) is 56.9 Å². The van der Waals surface area contributed by atoms with Crippen LogP contribution in [0, 0.1) is 5.92 Å². The topological polar surface area (TPSA) is 38.3 Å². The molecule has 0 saturated carbocycles. The first kappa shape index (κ1) is 18.3. The fourth-order valence-electron chi connectivity index (χ4n) is 1.91. The lowest BCUT2D eigenvalue weighted by atomic mass is 10.0. The van der Waals surface area contributed by atoms with Crippen molar-refractivity contribution in [1.29, 1.82) is 0 Å². The fourth-order valence-corrected chi connectivity index (χ4v) is 1.91. The Morgan fingerprint density at radius 1 is 1.18 bits per heavy atom. The van der Waals surface area contributed by atoms with Crippen molar-refractivity contribution in [2.75, 3.05) is 0 Å². The van der Waals surface area contributed by atoms with Gasteiger partial charge in [0.2, 0.25) is 0 Å². The minimum absolute atomic E-state index is 0.104. The second-order valence-electron chi connectivity index (χ2n) is 6.73. The Labute approximate surface area is 128 Å². The van der Waals surface area contributed by atoms with Gasteiger partial charge in [-0.15, -0.1) is 0 Å². The predicted molar refractivity (Wildman–Crippen MR) is 78.9 cm³/mol. The number of amides is 1. The molecule has 124 valence electrons. The van der Waals surface area contributed by atoms with Crippen molar-refractivity contribution in [2.45, 2.75) is 52.8 Å². The van der Waals surface area contributed by atoms with E-state index in [0.29, 0.717) is 12.0 Å². The number of carbonyl (C=O) groups is 1. The molecule has 0 saturated heterocycles. The first-order valence-corrected chi connectivity index (χ1v) is 7.08. The number of benzene rings is 1. The van der Waals surface area contributed by atoms with Gasteiger partial charge in [0.25, 0.3) is 0 Å². The second-order valence-corrected chi connectivity index (χ2v) is 6.73. The SMILES string of the molecule is CC(C)Cc1cc(OC(=O)NC(C)(C)C)cc(C(F)(F)F)c1. The van der Waals surface area contributed by atoms with E-state index >= 15 is 0 Å². The van der Waals surface area contributed by atoms with E-state index in [-0.39, 0.29) is 11.7 Å². The minimum atomic E-state index is -4.48. The van der Waals surface area contributed by atoms with Crippen LogP contribution in [0.2, 0.25) is 0 Å². The van der Waals surface area contributed by atoms with Crippen molar-refractivity contribution in [3.05, 3.63) is 29.3 Å². The third-order valence-electron chi connectivity index (χ3n) is 2.63. The van der Waals surface area contributed by atoms with Crippen LogP contribution in [0.1, 0.15) is 45.7 Å². The summed E-state index contributed by atoms with van der Waals surface area (Å²) in [5.74, 6) is 0.0898. The maximum absolute atomic E-state index is 12.9. The van der Waals surface area contributed by atoms with Crippen molar-refractivity contribution in [3.8, 4) is 5.75 Å². The van der Waals surface area contributed by atoms with E-state index in [1.54, 1.807) is 20.8 Å². The van der Waals surface area contributed by atoms with E-state index in [2.05, 4.69) is 5.32 Å². The highest BCUT2D eigenvalue weighted by molar-refractivity contribution is 5.71. The zero-order valence-electron chi connectivity index (χ0n) is 13.5. The number of carbonyl (C=O) groups excluding carboxylic acids is 1. The van der Waals surface area contributed by atoms with E-state index in [1.165, 1.54) is 6.07 Å². The standard InChI is InChI=1S/C16H22F3NO2/c1-10(2)6-11-7-12(16(17,18)19)9-13(8-11)22-14(21)20-15(3,4)5/h7-10H,6H2,1-5H3,(H,20,21). The summed E-state index contributed by atoms with van der Waals surface area (Å²) >= 11 is 0. The highest BCUT2D eigenvalue weighted by atomic mass is 19.4. The molecule has 0 radical (unpaired) electrons. The first-order chi connectivity index (χ1) is 9.87. The van der Waals surface area contributed by atoms with Gasteiger partial charge in [0.1, 0.15) is 5.75 Å². The lowest BCUT2D eigenvalue weighted by Gasteiger charge is -2.20. The first-order valence-electron chi connectivity index (χ1n) is 7.08. The van der Waals surface area contributed by atoms with Gasteiger partial charge < -0.3 is 10.1 Å². The normalized spacial score (nSPS) is 12.4. The van der Waals surface area contributed by atoms with Gasteiger partial charge >= 0.3 is 12.3 Å². The van der Waals surface area contributed by atoms with E-state index in [1.807, 2.05) is 13.8 Å². The third kappa shape index (κ3) is 6.37. The van der Waals surface area contributed by atoms with E-state index in [9.17, 15) is 18.0 Å². The molecular formula is C16H22F3NO2. The minimum Gasteiger partial charge on any atom is -0.410 e. The number of alkyl halides is 3. The molecule has 0 aliphatic carbocycles. The Balaban J connectivity index is 3.05. The Hall–Kier alpha value is -1.72. The van der Waals surface area contributed by atoms with Gasteiger partial charge in [0.15, 0.2) is 0 Å². The summed E-state index contributed by atoms with van der Waals surface area (Å²) in [5.41, 5.74) is -0.855. The zero-order valence-corrected chi connectivity index (χ0v) is 13.5. The average molecular weight is 317 g/mol. The molecule has 1 aromatic rings. The quantitative estimate of drug-likeness (QED) is 0.870. The molecule has 0 spiro atoms. The predicted octanol–water partition coefficient (Wildman–Crippen LogP) is 4.79. The molecule has 3 nitrogen and oxygen atoms in total. The van der Waals surface area contributed by atoms with Crippen LogP contribution >= 0.6 is 0 Å². The molecule has 1 rings (SSSR count). The summed E-state index contributed by atoms with van der Waals surface area (Å²) in [7, 11) is 0. The number of halogens is 3. The molecule has 0 bridgehead atoms. The van der Waals surface area contributed by atoms with Crippen molar-refractivity contribution in [2.24, 2.45) is 5.92 Å². The Morgan fingerprint density at radius 2 is 1.77 bits per heavy atom. The van der Waals surface area contributed by atoms with E-state index < -0.39 is 23.4 Å². The summed E-state index contributed by atoms with van der Waals surface area (Å²) in [6.07, 6.45) is -4.78. The number of ether oxygens (including phenoxy) is 1. The van der Waals surface area contributed by atoms with Gasteiger partial charge in [0.05, 0.1) is 5.56 Å². The molecule has 0 atom stereocenters. The van der Waals surface area contributed by atoms with Crippen molar-refractivity contribution in [1.82, 2.24) is 5.32 Å². The largest absolute Gasteiger partial charge is 0.416 e. The Kier molecular flexibility index (Phi) is 5.49. The molecule has 6 heteroatoms. The van der Waals surface area contributed by atoms with Gasteiger partial charge in [-0.1, -0.05) is 13.8 Å². The molecule has 0 fully saturated rings. The monoisotopic (exact) mass is 317 g/mol. The number of hydrogen-bond acceptors (Lipinski definition) is 2. The van der Waals surface area contributed by atoms with Crippen LogP contribution in [0.25, 0.3) is 0 Å². The van der Waals surface area contributed by atoms with Crippen molar-refractivity contribution in [3.63, 3.8) is 0 Å². The highest BCUT2D eigenvalue weighted by Crippen LogP contribution is 2.33. The average Bonchev–Trinajstić information content (AvgIpc) is 2.22. The Morgan fingerprint density at radius 3 is 2.23 bits per heavy atom. The molecule has 0 aliphatic heterocycles. The van der Waals surface area contributed by atoms with Gasteiger partial charge in [-0.25, -0.2) is 4.79 Å². The zero-order chi connectivity index (χ0) is 17.1. The lowest BCUT2D eigenvalue weighted by molar-refractivity contribution is -0.137. The molecule has 0 aromatic heterocycles. The van der Waals surface area contributed by atoms with Gasteiger partial charge in [-0.2, -0.15) is 13.2 Å².